The van der Waals surface area contributed by atoms with E-state index in [1.807, 2.05) is 6.20 Å². The molecule has 1 saturated heterocycles. The summed E-state index contributed by atoms with van der Waals surface area (Å²) in [4.78, 5) is 0. The maximum absolute atomic E-state index is 5.62. The Morgan fingerprint density at radius 2 is 2.39 bits per heavy atom. The summed E-state index contributed by atoms with van der Waals surface area (Å²) in [5, 5.41) is 5.68. The molecule has 1 aliphatic heterocycles. The molecule has 3 nitrogen and oxygen atoms in total. The molecule has 2 aromatic rings. The van der Waals surface area contributed by atoms with Gasteiger partial charge in [0, 0.05) is 17.9 Å². The summed E-state index contributed by atoms with van der Waals surface area (Å²) in [7, 11) is 0. The first-order valence-corrected chi connectivity index (χ1v) is 10.3. The van der Waals surface area contributed by atoms with Crippen LogP contribution in [0.25, 0.3) is 10.9 Å². The molecule has 5 heteroatoms. The van der Waals surface area contributed by atoms with Crippen LogP contribution in [0.5, 0.6) is 0 Å². The highest BCUT2D eigenvalue weighted by Crippen LogP contribution is 2.34. The second-order valence-corrected chi connectivity index (χ2v) is 6.86. The van der Waals surface area contributed by atoms with Crippen LogP contribution in [0.15, 0.2) is 18.3 Å². The topological polar surface area (TPSA) is 27.1 Å². The van der Waals surface area contributed by atoms with Gasteiger partial charge in [-0.25, -0.2) is 4.45 Å². The number of hydrogen-bond acceptors (Lipinski definition) is 2. The van der Waals surface area contributed by atoms with Crippen molar-refractivity contribution in [1.29, 1.82) is 0 Å². The van der Waals surface area contributed by atoms with Crippen LogP contribution in [0, 0.1) is 6.92 Å². The zero-order valence-corrected chi connectivity index (χ0v) is 13.5. The second kappa shape index (κ2) is 5.43. The number of aromatic nitrogens is 2. The van der Waals surface area contributed by atoms with Crippen LogP contribution < -0.4 is 0 Å². The molecule has 18 heavy (non-hydrogen) atoms. The van der Waals surface area contributed by atoms with Crippen LogP contribution in [0.4, 0.5) is 0 Å². The Hall–Kier alpha value is -0.190. The SMILES string of the molecule is Cc1cc2cnn(PI)c2cc1C1CCCOC1. The summed E-state index contributed by atoms with van der Waals surface area (Å²) in [6.45, 7) is 3.99. The van der Waals surface area contributed by atoms with Gasteiger partial charge in [-0.05, 0) is 65.1 Å². The first kappa shape index (κ1) is 12.8. The van der Waals surface area contributed by atoms with E-state index < -0.39 is 0 Å². The standard InChI is InChI=1S/C13H16IN2OP/c1-9-5-11-7-15-16(18-14)13(11)6-12(9)10-3-2-4-17-8-10/h5-7,10,18H,2-4,8H2,1H3. The molecule has 1 fully saturated rings. The van der Waals surface area contributed by atoms with Crippen molar-refractivity contribution >= 4 is 39.3 Å². The molecule has 0 saturated carbocycles. The lowest BCUT2D eigenvalue weighted by atomic mass is 9.89. The van der Waals surface area contributed by atoms with E-state index in [9.17, 15) is 0 Å². The van der Waals surface area contributed by atoms with Crippen molar-refractivity contribution in [3.05, 3.63) is 29.5 Å². The highest BCUT2D eigenvalue weighted by molar-refractivity contribution is 14.2. The van der Waals surface area contributed by atoms with Crippen molar-refractivity contribution in [3.63, 3.8) is 0 Å². The summed E-state index contributed by atoms with van der Waals surface area (Å²) in [5.41, 5.74) is 4.07. The fourth-order valence-electron chi connectivity index (χ4n) is 2.70. The van der Waals surface area contributed by atoms with Gasteiger partial charge in [-0.2, -0.15) is 5.10 Å². The molecular formula is C13H16IN2OP. The number of aryl methyl sites for hydroxylation is 1. The molecule has 1 aromatic carbocycles. The molecule has 0 amide bonds. The predicted octanol–water partition coefficient (Wildman–Crippen LogP) is 4.03. The quantitative estimate of drug-likeness (QED) is 0.586. The van der Waals surface area contributed by atoms with Gasteiger partial charge >= 0.3 is 0 Å². The average molecular weight is 374 g/mol. The largest absolute Gasteiger partial charge is 0.381 e. The van der Waals surface area contributed by atoms with Crippen LogP contribution in [-0.2, 0) is 4.74 Å². The molecule has 1 aliphatic rings. The van der Waals surface area contributed by atoms with Gasteiger partial charge in [0.25, 0.3) is 0 Å². The molecule has 0 N–H and O–H groups in total. The van der Waals surface area contributed by atoms with Crippen molar-refractivity contribution in [2.45, 2.75) is 25.7 Å². The first-order chi connectivity index (χ1) is 8.79. The smallest absolute Gasteiger partial charge is 0.0732 e. The Morgan fingerprint density at radius 3 is 3.11 bits per heavy atom. The number of benzene rings is 1. The van der Waals surface area contributed by atoms with Crippen LogP contribution in [0.3, 0.4) is 0 Å². The third-order valence-electron chi connectivity index (χ3n) is 3.64. The Morgan fingerprint density at radius 1 is 1.50 bits per heavy atom. The molecule has 2 unspecified atom stereocenters. The Bertz CT molecular complexity index is 563. The maximum atomic E-state index is 5.62. The van der Waals surface area contributed by atoms with E-state index in [-0.39, 0.29) is 0 Å². The lowest BCUT2D eigenvalue weighted by Crippen LogP contribution is -2.16. The molecule has 0 bridgehead atoms. The molecule has 0 aliphatic carbocycles. The summed E-state index contributed by atoms with van der Waals surface area (Å²) in [6, 6.07) is 4.59. The van der Waals surface area contributed by atoms with Gasteiger partial charge in [0.05, 0.1) is 24.7 Å². The van der Waals surface area contributed by atoms with Gasteiger partial charge in [0.1, 0.15) is 0 Å². The zero-order valence-electron chi connectivity index (χ0n) is 10.3. The van der Waals surface area contributed by atoms with Gasteiger partial charge in [-0.1, -0.05) is 0 Å². The van der Waals surface area contributed by atoms with E-state index in [1.54, 1.807) is 0 Å². The van der Waals surface area contributed by atoms with E-state index in [0.717, 1.165) is 13.2 Å². The third kappa shape index (κ3) is 2.30. The summed E-state index contributed by atoms with van der Waals surface area (Å²) < 4.78 is 7.71. The highest BCUT2D eigenvalue weighted by atomic mass is 127. The lowest BCUT2D eigenvalue weighted by Gasteiger charge is -2.24. The van der Waals surface area contributed by atoms with E-state index >= 15 is 0 Å². The van der Waals surface area contributed by atoms with Crippen molar-refractivity contribution in [1.82, 2.24) is 9.55 Å². The molecule has 0 radical (unpaired) electrons. The van der Waals surface area contributed by atoms with E-state index in [1.165, 1.54) is 34.9 Å². The average Bonchev–Trinajstić information content (AvgIpc) is 2.80. The summed E-state index contributed by atoms with van der Waals surface area (Å²) in [5.74, 6) is 0.559. The molecule has 3 rings (SSSR count). The number of nitrogens with zero attached hydrogens (tertiary/aromatic N) is 2. The maximum Gasteiger partial charge on any atom is 0.0732 e. The minimum absolute atomic E-state index is 0.559. The van der Waals surface area contributed by atoms with E-state index in [0.29, 0.717) is 12.3 Å². The third-order valence-corrected chi connectivity index (χ3v) is 5.52. The van der Waals surface area contributed by atoms with E-state index in [4.69, 9.17) is 4.74 Å². The number of halogens is 1. The summed E-state index contributed by atoms with van der Waals surface area (Å²) in [6.07, 6.45) is 5.04. The predicted molar refractivity (Wildman–Crippen MR) is 85.0 cm³/mol. The van der Waals surface area contributed by atoms with Gasteiger partial charge in [-0.15, -0.1) is 0 Å². The number of rotatable bonds is 2. The van der Waals surface area contributed by atoms with Gasteiger partial charge in [0.15, 0.2) is 0 Å². The lowest BCUT2D eigenvalue weighted by molar-refractivity contribution is 0.0803. The molecule has 2 heterocycles. The highest BCUT2D eigenvalue weighted by Gasteiger charge is 2.19. The second-order valence-electron chi connectivity index (χ2n) is 4.82. The zero-order chi connectivity index (χ0) is 12.5. The van der Waals surface area contributed by atoms with Crippen LogP contribution in [-0.4, -0.2) is 22.8 Å². The van der Waals surface area contributed by atoms with Crippen LogP contribution in [0.1, 0.15) is 29.9 Å². The van der Waals surface area contributed by atoms with Gasteiger partial charge in [-0.3, -0.25) is 0 Å². The minimum atomic E-state index is 0.559. The Balaban J connectivity index is 2.07. The first-order valence-electron chi connectivity index (χ1n) is 6.22. The van der Waals surface area contributed by atoms with Crippen molar-refractivity contribution in [2.75, 3.05) is 13.2 Å². The molecule has 0 spiro atoms. The van der Waals surface area contributed by atoms with Crippen molar-refractivity contribution in [2.24, 2.45) is 0 Å². The van der Waals surface area contributed by atoms with Gasteiger partial charge in [0.2, 0.25) is 0 Å². The van der Waals surface area contributed by atoms with E-state index in [2.05, 4.69) is 50.6 Å². The van der Waals surface area contributed by atoms with Crippen LogP contribution >= 0.6 is 28.4 Å². The normalized spacial score (nSPS) is 21.1. The minimum Gasteiger partial charge on any atom is -0.381 e. The Kier molecular flexibility index (Phi) is 3.87. The number of fused-ring (bicyclic) bond motifs is 1. The summed E-state index contributed by atoms with van der Waals surface area (Å²) >= 11 is 2.38. The Labute approximate surface area is 122 Å². The molecule has 2 atom stereocenters. The molecule has 1 aromatic heterocycles. The fourth-order valence-corrected chi connectivity index (χ4v) is 4.24. The van der Waals surface area contributed by atoms with Crippen molar-refractivity contribution in [3.8, 4) is 0 Å². The molecular weight excluding hydrogens is 358 g/mol. The van der Waals surface area contributed by atoms with Gasteiger partial charge < -0.3 is 4.74 Å². The monoisotopic (exact) mass is 374 g/mol. The number of hydrogen-bond donors (Lipinski definition) is 0. The number of ether oxygens (including phenoxy) is 1. The fraction of sp³-hybridized carbons (Fsp3) is 0.462. The van der Waals surface area contributed by atoms with Crippen LogP contribution in [0.2, 0.25) is 0 Å². The molecule has 96 valence electrons. The van der Waals surface area contributed by atoms with Crippen molar-refractivity contribution < 1.29 is 4.74 Å².